The van der Waals surface area contributed by atoms with Gasteiger partial charge in [0.15, 0.2) is 0 Å². The minimum Gasteiger partial charge on any atom is -0.393 e. The zero-order chi connectivity index (χ0) is 8.97. The van der Waals surface area contributed by atoms with Gasteiger partial charge in [-0.25, -0.2) is 0 Å². The molecule has 0 saturated carbocycles. The number of nitrogens with zero attached hydrogens (tertiary/aromatic N) is 1. The van der Waals surface area contributed by atoms with Crippen LogP contribution in [0.2, 0.25) is 0 Å². The van der Waals surface area contributed by atoms with Crippen LogP contribution in [-0.4, -0.2) is 16.2 Å². The molecule has 0 aliphatic rings. The number of aliphatic hydroxyl groups excluding tert-OH is 1. The highest BCUT2D eigenvalue weighted by Gasteiger charge is 1.97. The molecule has 1 N–H and O–H groups in total. The third kappa shape index (κ3) is 3.01. The molecule has 0 spiro atoms. The zero-order valence-electron chi connectivity index (χ0n) is 7.62. The summed E-state index contributed by atoms with van der Waals surface area (Å²) < 4.78 is 0. The average molecular weight is 165 g/mol. The highest BCUT2D eigenvalue weighted by Crippen LogP contribution is 2.05. The zero-order valence-corrected chi connectivity index (χ0v) is 7.62. The molecule has 1 heterocycles. The molecule has 66 valence electrons. The van der Waals surface area contributed by atoms with Crippen LogP contribution in [0, 0.1) is 6.92 Å². The number of aliphatic hydroxyl groups is 1. The van der Waals surface area contributed by atoms with Crippen molar-refractivity contribution in [1.82, 2.24) is 4.98 Å². The fraction of sp³-hybridized carbons (Fsp3) is 0.500. The first-order valence-electron chi connectivity index (χ1n) is 4.27. The van der Waals surface area contributed by atoms with Crippen LogP contribution in [0.15, 0.2) is 18.5 Å². The fourth-order valence-corrected chi connectivity index (χ4v) is 1.13. The molecule has 0 fully saturated rings. The maximum absolute atomic E-state index is 9.06. The van der Waals surface area contributed by atoms with Crippen molar-refractivity contribution in [2.24, 2.45) is 0 Å². The lowest BCUT2D eigenvalue weighted by Crippen LogP contribution is -2.01. The van der Waals surface area contributed by atoms with Crippen LogP contribution >= 0.6 is 0 Å². The van der Waals surface area contributed by atoms with Crippen LogP contribution < -0.4 is 0 Å². The normalized spacial score (nSPS) is 12.9. The summed E-state index contributed by atoms with van der Waals surface area (Å²) in [6, 6.07) is 2.11. The van der Waals surface area contributed by atoms with Crippen LogP contribution in [0.3, 0.4) is 0 Å². The van der Waals surface area contributed by atoms with Gasteiger partial charge in [-0.3, -0.25) is 4.98 Å². The van der Waals surface area contributed by atoms with E-state index in [4.69, 9.17) is 5.11 Å². The summed E-state index contributed by atoms with van der Waals surface area (Å²) in [7, 11) is 0. The summed E-state index contributed by atoms with van der Waals surface area (Å²) >= 11 is 0. The summed E-state index contributed by atoms with van der Waals surface area (Å²) in [6.07, 6.45) is 5.20. The van der Waals surface area contributed by atoms with E-state index in [0.717, 1.165) is 12.8 Å². The van der Waals surface area contributed by atoms with Crippen LogP contribution in [0.25, 0.3) is 0 Å². The molecule has 1 aromatic heterocycles. The number of aromatic nitrogens is 1. The van der Waals surface area contributed by atoms with Gasteiger partial charge in [-0.05, 0) is 37.8 Å². The Morgan fingerprint density at radius 1 is 1.50 bits per heavy atom. The standard InChI is InChI=1S/C10H15NO/c1-8-5-10(7-11-6-8)4-3-9(2)12/h5-7,9,12H,3-4H2,1-2H3/t9-/m1/s1. The first-order chi connectivity index (χ1) is 5.68. The third-order valence-electron chi connectivity index (χ3n) is 1.78. The summed E-state index contributed by atoms with van der Waals surface area (Å²) in [5.74, 6) is 0. The Balaban J connectivity index is 2.52. The van der Waals surface area contributed by atoms with Crippen LogP contribution in [0.4, 0.5) is 0 Å². The van der Waals surface area contributed by atoms with Crippen LogP contribution in [0.1, 0.15) is 24.5 Å². The predicted molar refractivity (Wildman–Crippen MR) is 49.0 cm³/mol. The first-order valence-corrected chi connectivity index (χ1v) is 4.27. The summed E-state index contributed by atoms with van der Waals surface area (Å²) in [5, 5.41) is 9.06. The summed E-state index contributed by atoms with van der Waals surface area (Å²) in [5.41, 5.74) is 2.38. The SMILES string of the molecule is Cc1cncc(CC[C@@H](C)O)c1. The number of aryl methyl sites for hydroxylation is 2. The summed E-state index contributed by atoms with van der Waals surface area (Å²) in [4.78, 5) is 4.08. The van der Waals surface area contributed by atoms with Crippen molar-refractivity contribution in [2.45, 2.75) is 32.8 Å². The van der Waals surface area contributed by atoms with Gasteiger partial charge in [0.1, 0.15) is 0 Å². The molecule has 0 bridgehead atoms. The van der Waals surface area contributed by atoms with Gasteiger partial charge in [0.05, 0.1) is 6.10 Å². The molecular formula is C10H15NO. The van der Waals surface area contributed by atoms with Gasteiger partial charge < -0.3 is 5.11 Å². The molecule has 0 saturated heterocycles. The molecule has 12 heavy (non-hydrogen) atoms. The number of hydrogen-bond donors (Lipinski definition) is 1. The lowest BCUT2D eigenvalue weighted by atomic mass is 10.1. The summed E-state index contributed by atoms with van der Waals surface area (Å²) in [6.45, 7) is 3.84. The van der Waals surface area contributed by atoms with E-state index in [1.807, 2.05) is 26.2 Å². The fourth-order valence-electron chi connectivity index (χ4n) is 1.13. The Kier molecular flexibility index (Phi) is 3.23. The number of hydrogen-bond acceptors (Lipinski definition) is 2. The molecule has 0 aliphatic heterocycles. The van der Waals surface area contributed by atoms with Gasteiger partial charge in [0.2, 0.25) is 0 Å². The molecule has 1 rings (SSSR count). The molecule has 1 aromatic rings. The topological polar surface area (TPSA) is 33.1 Å². The van der Waals surface area contributed by atoms with Crippen molar-refractivity contribution in [3.05, 3.63) is 29.6 Å². The van der Waals surface area contributed by atoms with E-state index in [0.29, 0.717) is 0 Å². The van der Waals surface area contributed by atoms with Gasteiger partial charge in [0.25, 0.3) is 0 Å². The lowest BCUT2D eigenvalue weighted by Gasteiger charge is -2.03. The smallest absolute Gasteiger partial charge is 0.0515 e. The van der Waals surface area contributed by atoms with E-state index in [1.54, 1.807) is 0 Å². The molecule has 2 heteroatoms. The van der Waals surface area contributed by atoms with Crippen LogP contribution in [-0.2, 0) is 6.42 Å². The molecule has 0 aliphatic carbocycles. The monoisotopic (exact) mass is 165 g/mol. The number of pyridine rings is 1. The number of rotatable bonds is 3. The Labute approximate surface area is 73.3 Å². The molecule has 0 aromatic carbocycles. The highest BCUT2D eigenvalue weighted by molar-refractivity contribution is 5.16. The van der Waals surface area contributed by atoms with Gasteiger partial charge >= 0.3 is 0 Å². The van der Waals surface area contributed by atoms with Crippen molar-refractivity contribution < 1.29 is 5.11 Å². The average Bonchev–Trinajstić information content (AvgIpc) is 2.01. The largest absolute Gasteiger partial charge is 0.393 e. The van der Waals surface area contributed by atoms with Crippen molar-refractivity contribution in [3.8, 4) is 0 Å². The van der Waals surface area contributed by atoms with E-state index >= 15 is 0 Å². The molecule has 2 nitrogen and oxygen atoms in total. The lowest BCUT2D eigenvalue weighted by molar-refractivity contribution is 0.185. The Bertz CT molecular complexity index is 245. The maximum Gasteiger partial charge on any atom is 0.0515 e. The van der Waals surface area contributed by atoms with Crippen molar-refractivity contribution in [3.63, 3.8) is 0 Å². The molecular weight excluding hydrogens is 150 g/mol. The van der Waals surface area contributed by atoms with E-state index < -0.39 is 0 Å². The van der Waals surface area contributed by atoms with E-state index in [2.05, 4.69) is 11.1 Å². The predicted octanol–water partition coefficient (Wildman–Crippen LogP) is 1.70. The Morgan fingerprint density at radius 3 is 2.83 bits per heavy atom. The molecule has 0 radical (unpaired) electrons. The maximum atomic E-state index is 9.06. The van der Waals surface area contributed by atoms with Crippen molar-refractivity contribution in [1.29, 1.82) is 0 Å². The minimum atomic E-state index is -0.217. The van der Waals surface area contributed by atoms with Gasteiger partial charge in [0, 0.05) is 12.4 Å². The highest BCUT2D eigenvalue weighted by atomic mass is 16.3. The Morgan fingerprint density at radius 2 is 2.25 bits per heavy atom. The van der Waals surface area contributed by atoms with Crippen LogP contribution in [0.5, 0.6) is 0 Å². The van der Waals surface area contributed by atoms with Gasteiger partial charge in [-0.2, -0.15) is 0 Å². The van der Waals surface area contributed by atoms with Crippen molar-refractivity contribution in [2.75, 3.05) is 0 Å². The second kappa shape index (κ2) is 4.21. The second-order valence-corrected chi connectivity index (χ2v) is 3.26. The van der Waals surface area contributed by atoms with E-state index in [9.17, 15) is 0 Å². The Hall–Kier alpha value is -0.890. The molecule has 0 unspecified atom stereocenters. The van der Waals surface area contributed by atoms with E-state index in [1.165, 1.54) is 11.1 Å². The minimum absolute atomic E-state index is 0.217. The van der Waals surface area contributed by atoms with E-state index in [-0.39, 0.29) is 6.10 Å². The third-order valence-corrected chi connectivity index (χ3v) is 1.78. The first kappa shape index (κ1) is 9.20. The van der Waals surface area contributed by atoms with Gasteiger partial charge in [-0.1, -0.05) is 6.07 Å². The molecule has 1 atom stereocenters. The van der Waals surface area contributed by atoms with Crippen molar-refractivity contribution >= 4 is 0 Å². The second-order valence-electron chi connectivity index (χ2n) is 3.26. The quantitative estimate of drug-likeness (QED) is 0.739. The molecule has 0 amide bonds. The van der Waals surface area contributed by atoms with Gasteiger partial charge in [-0.15, -0.1) is 0 Å².